The van der Waals surface area contributed by atoms with Gasteiger partial charge in [0.1, 0.15) is 5.69 Å². The number of amides is 2. The van der Waals surface area contributed by atoms with E-state index in [1.54, 1.807) is 16.3 Å². The number of piperidine rings is 1. The first-order chi connectivity index (χ1) is 14.1. The minimum Gasteiger partial charge on any atom is -0.378 e. The summed E-state index contributed by atoms with van der Waals surface area (Å²) in [6.07, 6.45) is 3.47. The van der Waals surface area contributed by atoms with Crippen LogP contribution >= 0.6 is 27.3 Å². The molecular weight excluding hydrogens is 456 g/mol. The van der Waals surface area contributed by atoms with E-state index in [4.69, 9.17) is 4.74 Å². The summed E-state index contributed by atoms with van der Waals surface area (Å²) in [6, 6.07) is 5.60. The van der Waals surface area contributed by atoms with E-state index in [2.05, 4.69) is 31.1 Å². The lowest BCUT2D eigenvalue weighted by Crippen LogP contribution is -2.40. The standard InChI is InChI=1S/C20H23BrN4O3S/c21-20-23-16(13-29-20)18(26)22-15-12-14(19(27)25-8-10-28-11-9-25)4-5-17(15)24-6-2-1-3-7-24/h4-5,12-13H,1-3,6-11H2,(H,22,26). The highest BCUT2D eigenvalue weighted by Gasteiger charge is 2.22. The maximum atomic E-state index is 12.9. The Labute approximate surface area is 182 Å². The number of thiazole rings is 1. The summed E-state index contributed by atoms with van der Waals surface area (Å²) in [6.45, 7) is 4.17. The van der Waals surface area contributed by atoms with Crippen molar-refractivity contribution in [2.75, 3.05) is 49.6 Å². The van der Waals surface area contributed by atoms with Gasteiger partial charge in [0.05, 0.1) is 24.6 Å². The third-order valence-corrected chi connectivity index (χ3v) is 6.56. The van der Waals surface area contributed by atoms with Crippen molar-refractivity contribution >= 4 is 50.5 Å². The second kappa shape index (κ2) is 9.23. The van der Waals surface area contributed by atoms with Gasteiger partial charge in [-0.05, 0) is 53.4 Å². The lowest BCUT2D eigenvalue weighted by atomic mass is 10.1. The molecule has 4 rings (SSSR count). The van der Waals surface area contributed by atoms with Crippen LogP contribution in [0.25, 0.3) is 0 Å². The Morgan fingerprint density at radius 1 is 1.10 bits per heavy atom. The monoisotopic (exact) mass is 478 g/mol. The molecule has 3 heterocycles. The van der Waals surface area contributed by atoms with Gasteiger partial charge in [0.25, 0.3) is 11.8 Å². The third-order valence-electron chi connectivity index (χ3n) is 5.20. The van der Waals surface area contributed by atoms with Crippen LogP contribution in [0.5, 0.6) is 0 Å². The van der Waals surface area contributed by atoms with Crippen LogP contribution in [0.1, 0.15) is 40.1 Å². The molecule has 0 spiro atoms. The lowest BCUT2D eigenvalue weighted by molar-refractivity contribution is 0.0303. The second-order valence-electron chi connectivity index (χ2n) is 7.12. The molecule has 1 aromatic carbocycles. The van der Waals surface area contributed by atoms with Gasteiger partial charge in [-0.15, -0.1) is 11.3 Å². The largest absolute Gasteiger partial charge is 0.378 e. The average molecular weight is 479 g/mol. The summed E-state index contributed by atoms with van der Waals surface area (Å²) in [5.41, 5.74) is 2.53. The summed E-state index contributed by atoms with van der Waals surface area (Å²) >= 11 is 4.66. The number of halogens is 1. The van der Waals surface area contributed by atoms with E-state index in [-0.39, 0.29) is 11.8 Å². The molecule has 2 fully saturated rings. The summed E-state index contributed by atoms with van der Waals surface area (Å²) in [5.74, 6) is -0.313. The molecular formula is C20H23BrN4O3S. The number of ether oxygens (including phenoxy) is 1. The molecule has 0 saturated carbocycles. The normalized spacial score (nSPS) is 17.3. The molecule has 29 heavy (non-hydrogen) atoms. The van der Waals surface area contributed by atoms with Crippen LogP contribution in [-0.2, 0) is 4.74 Å². The van der Waals surface area contributed by atoms with Crippen molar-refractivity contribution in [1.82, 2.24) is 9.88 Å². The van der Waals surface area contributed by atoms with E-state index >= 15 is 0 Å². The number of anilines is 2. The van der Waals surface area contributed by atoms with Gasteiger partial charge in [0.2, 0.25) is 0 Å². The van der Waals surface area contributed by atoms with Gasteiger partial charge in [0, 0.05) is 37.1 Å². The van der Waals surface area contributed by atoms with Gasteiger partial charge in [-0.2, -0.15) is 0 Å². The number of carbonyl (C=O) groups excluding carboxylic acids is 2. The molecule has 0 bridgehead atoms. The highest BCUT2D eigenvalue weighted by Crippen LogP contribution is 2.31. The molecule has 1 N–H and O–H groups in total. The fraction of sp³-hybridized carbons (Fsp3) is 0.450. The van der Waals surface area contributed by atoms with E-state index < -0.39 is 0 Å². The van der Waals surface area contributed by atoms with Crippen LogP contribution in [0.15, 0.2) is 27.5 Å². The topological polar surface area (TPSA) is 74.8 Å². The van der Waals surface area contributed by atoms with Crippen molar-refractivity contribution < 1.29 is 14.3 Å². The highest BCUT2D eigenvalue weighted by molar-refractivity contribution is 9.11. The van der Waals surface area contributed by atoms with E-state index in [1.165, 1.54) is 17.8 Å². The van der Waals surface area contributed by atoms with Crippen molar-refractivity contribution in [3.63, 3.8) is 0 Å². The Kier molecular flexibility index (Phi) is 6.46. The Morgan fingerprint density at radius 3 is 2.55 bits per heavy atom. The van der Waals surface area contributed by atoms with Gasteiger partial charge >= 0.3 is 0 Å². The summed E-state index contributed by atoms with van der Waals surface area (Å²) < 4.78 is 6.01. The quantitative estimate of drug-likeness (QED) is 0.725. The first kappa shape index (κ1) is 20.3. The number of carbonyl (C=O) groups is 2. The predicted octanol–water partition coefficient (Wildman–Crippen LogP) is 3.62. The maximum absolute atomic E-state index is 12.9. The molecule has 0 atom stereocenters. The predicted molar refractivity (Wildman–Crippen MR) is 117 cm³/mol. The first-order valence-corrected chi connectivity index (χ1v) is 11.5. The van der Waals surface area contributed by atoms with E-state index in [0.717, 1.165) is 31.6 Å². The first-order valence-electron chi connectivity index (χ1n) is 9.80. The van der Waals surface area contributed by atoms with Gasteiger partial charge in [-0.1, -0.05) is 0 Å². The number of nitrogens with one attached hydrogen (secondary N) is 1. The SMILES string of the molecule is O=C(Nc1cc(C(=O)N2CCOCC2)ccc1N1CCCCC1)c1csc(Br)n1. The molecule has 0 unspecified atom stereocenters. The van der Waals surface area contributed by atoms with Gasteiger partial charge in [-0.25, -0.2) is 4.98 Å². The van der Waals surface area contributed by atoms with Crippen molar-refractivity contribution in [2.24, 2.45) is 0 Å². The average Bonchev–Trinajstić information content (AvgIpc) is 3.21. The third kappa shape index (κ3) is 4.79. The van der Waals surface area contributed by atoms with Crippen molar-refractivity contribution in [2.45, 2.75) is 19.3 Å². The Balaban J connectivity index is 1.62. The summed E-state index contributed by atoms with van der Waals surface area (Å²) in [7, 11) is 0. The molecule has 0 radical (unpaired) electrons. The highest BCUT2D eigenvalue weighted by atomic mass is 79.9. The zero-order chi connectivity index (χ0) is 20.2. The number of aromatic nitrogens is 1. The summed E-state index contributed by atoms with van der Waals surface area (Å²) in [4.78, 5) is 33.9. The number of hydrogen-bond donors (Lipinski definition) is 1. The van der Waals surface area contributed by atoms with Crippen LogP contribution in [0.4, 0.5) is 11.4 Å². The molecule has 2 aromatic rings. The summed E-state index contributed by atoms with van der Waals surface area (Å²) in [5, 5.41) is 4.69. The molecule has 0 aliphatic carbocycles. The molecule has 2 aliphatic rings. The van der Waals surface area contributed by atoms with Crippen LogP contribution < -0.4 is 10.2 Å². The minimum atomic E-state index is -0.277. The van der Waals surface area contributed by atoms with Gasteiger partial charge < -0.3 is 19.9 Å². The van der Waals surface area contributed by atoms with Crippen molar-refractivity contribution in [1.29, 1.82) is 0 Å². The van der Waals surface area contributed by atoms with Crippen LogP contribution in [0, 0.1) is 0 Å². The van der Waals surface area contributed by atoms with Crippen LogP contribution in [-0.4, -0.2) is 61.1 Å². The van der Waals surface area contributed by atoms with Crippen molar-refractivity contribution in [3.05, 3.63) is 38.8 Å². The number of hydrogen-bond acceptors (Lipinski definition) is 6. The van der Waals surface area contributed by atoms with Gasteiger partial charge in [0.15, 0.2) is 3.92 Å². The smallest absolute Gasteiger partial charge is 0.275 e. The molecule has 2 saturated heterocycles. The fourth-order valence-corrected chi connectivity index (χ4v) is 4.66. The fourth-order valence-electron chi connectivity index (χ4n) is 3.67. The second-order valence-corrected chi connectivity index (χ2v) is 9.26. The van der Waals surface area contributed by atoms with E-state index in [9.17, 15) is 9.59 Å². The molecule has 7 nitrogen and oxygen atoms in total. The lowest BCUT2D eigenvalue weighted by Gasteiger charge is -2.31. The Hall–Kier alpha value is -1.97. The number of benzene rings is 1. The molecule has 2 amide bonds. The number of morpholine rings is 1. The molecule has 9 heteroatoms. The zero-order valence-electron chi connectivity index (χ0n) is 16.0. The minimum absolute atomic E-state index is 0.0367. The maximum Gasteiger partial charge on any atom is 0.275 e. The zero-order valence-corrected chi connectivity index (χ0v) is 18.4. The molecule has 1 aromatic heterocycles. The number of rotatable bonds is 4. The van der Waals surface area contributed by atoms with Gasteiger partial charge in [-0.3, -0.25) is 9.59 Å². The Bertz CT molecular complexity index is 892. The van der Waals surface area contributed by atoms with Crippen LogP contribution in [0.2, 0.25) is 0 Å². The molecule has 154 valence electrons. The van der Waals surface area contributed by atoms with Crippen LogP contribution in [0.3, 0.4) is 0 Å². The number of nitrogens with zero attached hydrogens (tertiary/aromatic N) is 3. The van der Waals surface area contributed by atoms with E-state index in [0.29, 0.717) is 47.2 Å². The van der Waals surface area contributed by atoms with E-state index in [1.807, 2.05) is 12.1 Å². The van der Waals surface area contributed by atoms with Crippen molar-refractivity contribution in [3.8, 4) is 0 Å². The molecule has 2 aliphatic heterocycles. The Morgan fingerprint density at radius 2 is 1.86 bits per heavy atom.